The van der Waals surface area contributed by atoms with Crippen LogP contribution in [-0.4, -0.2) is 49.5 Å². The van der Waals surface area contributed by atoms with Crippen molar-refractivity contribution in [1.29, 1.82) is 0 Å². The van der Waals surface area contributed by atoms with Crippen molar-refractivity contribution >= 4 is 35.9 Å². The van der Waals surface area contributed by atoms with Gasteiger partial charge in [-0.1, -0.05) is 79.7 Å². The summed E-state index contributed by atoms with van der Waals surface area (Å²) in [6.07, 6.45) is 5.86. The summed E-state index contributed by atoms with van der Waals surface area (Å²) in [6.45, 7) is 18.5. The van der Waals surface area contributed by atoms with Crippen LogP contribution in [0.25, 0.3) is 0 Å². The quantitative estimate of drug-likeness (QED) is 0.260. The first-order valence-electron chi connectivity index (χ1n) is 16.3. The van der Waals surface area contributed by atoms with Crippen LogP contribution < -0.4 is 0 Å². The molecule has 254 valence electrons. The number of amides is 1. The van der Waals surface area contributed by atoms with Crippen molar-refractivity contribution in [2.45, 2.75) is 111 Å². The fraction of sp³-hybridized carbons (Fsp3) is 0.583. The number of carbonyl (C=O) groups is 2. The smallest absolute Gasteiger partial charge is 0.342 e. The Morgan fingerprint density at radius 2 is 1.65 bits per heavy atom. The summed E-state index contributed by atoms with van der Waals surface area (Å²) >= 11 is 0. The molecule has 1 fully saturated rings. The van der Waals surface area contributed by atoms with Gasteiger partial charge in [0, 0.05) is 18.5 Å². The standard InChI is InChI=1S/C34H46FN2O5PS.C2H6/c1-32(2,3)19-18-28(23-12-14-24(15-13-23)31(39)42-43(7)35)37-30(38)29(25-10-9-11-27(22-25)44(8,40)41)36-34(37)20-16-26(17-21-34)33(4,5)6;1-2/h9-15,22,26,28H,16-21H2,1-8H3;1-2H3. The van der Waals surface area contributed by atoms with E-state index in [9.17, 15) is 22.2 Å². The van der Waals surface area contributed by atoms with E-state index in [1.54, 1.807) is 30.3 Å². The number of sulfone groups is 1. The van der Waals surface area contributed by atoms with Gasteiger partial charge in [0.05, 0.1) is 16.5 Å². The van der Waals surface area contributed by atoms with Crippen molar-refractivity contribution in [3.05, 3.63) is 65.2 Å². The molecular formula is C36H52FN2O5PS. The molecule has 2 aliphatic rings. The lowest BCUT2D eigenvalue weighted by atomic mass is 9.69. The molecule has 0 N–H and O–H groups in total. The van der Waals surface area contributed by atoms with Crippen LogP contribution in [0.1, 0.15) is 121 Å². The molecule has 46 heavy (non-hydrogen) atoms. The van der Waals surface area contributed by atoms with Crippen molar-refractivity contribution in [1.82, 2.24) is 4.90 Å². The van der Waals surface area contributed by atoms with Gasteiger partial charge < -0.3 is 9.42 Å². The van der Waals surface area contributed by atoms with Crippen LogP contribution in [-0.2, 0) is 19.2 Å². The maximum atomic E-state index is 14.6. The van der Waals surface area contributed by atoms with Crippen LogP contribution in [0, 0.1) is 16.7 Å². The van der Waals surface area contributed by atoms with Crippen molar-refractivity contribution in [2.75, 3.05) is 12.9 Å². The number of benzene rings is 2. The Balaban J connectivity index is 0.00000282. The molecule has 2 unspecified atom stereocenters. The Bertz CT molecular complexity index is 1520. The summed E-state index contributed by atoms with van der Waals surface area (Å²) in [5.74, 6) is -0.457. The minimum absolute atomic E-state index is 0.00520. The molecular weight excluding hydrogens is 622 g/mol. The van der Waals surface area contributed by atoms with Crippen LogP contribution in [0.2, 0.25) is 0 Å². The topological polar surface area (TPSA) is 93.1 Å². The molecule has 0 radical (unpaired) electrons. The van der Waals surface area contributed by atoms with Gasteiger partial charge in [0.2, 0.25) is 0 Å². The summed E-state index contributed by atoms with van der Waals surface area (Å²) < 4.78 is 43.0. The van der Waals surface area contributed by atoms with E-state index in [1.165, 1.54) is 12.7 Å². The lowest BCUT2D eigenvalue weighted by Gasteiger charge is -2.47. The second-order valence-electron chi connectivity index (χ2n) is 14.6. The van der Waals surface area contributed by atoms with Gasteiger partial charge in [-0.25, -0.2) is 13.2 Å². The van der Waals surface area contributed by atoms with Crippen LogP contribution in [0.4, 0.5) is 4.20 Å². The van der Waals surface area contributed by atoms with Crippen LogP contribution >= 0.6 is 8.46 Å². The zero-order chi connectivity index (χ0) is 34.7. The summed E-state index contributed by atoms with van der Waals surface area (Å²) in [5.41, 5.74) is 1.23. The second-order valence-corrected chi connectivity index (χ2v) is 17.6. The Labute approximate surface area is 277 Å². The molecule has 1 amide bonds. The van der Waals surface area contributed by atoms with Gasteiger partial charge in [0.15, 0.2) is 9.84 Å². The summed E-state index contributed by atoms with van der Waals surface area (Å²) in [7, 11) is -5.82. The first-order valence-corrected chi connectivity index (χ1v) is 19.8. The normalized spacial score (nSPS) is 21.7. The summed E-state index contributed by atoms with van der Waals surface area (Å²) in [6, 6.07) is 13.0. The van der Waals surface area contributed by atoms with E-state index in [-0.39, 0.29) is 38.9 Å². The second kappa shape index (κ2) is 14.6. The number of aliphatic imine (C=N–C) groups is 1. The molecule has 0 bridgehead atoms. The maximum absolute atomic E-state index is 14.6. The molecule has 10 heteroatoms. The van der Waals surface area contributed by atoms with E-state index >= 15 is 0 Å². The fourth-order valence-electron chi connectivity index (χ4n) is 6.43. The molecule has 2 aromatic carbocycles. The molecule has 2 aromatic rings. The van der Waals surface area contributed by atoms with Crippen LogP contribution in [0.5, 0.6) is 0 Å². The molecule has 7 nitrogen and oxygen atoms in total. The molecule has 0 aromatic heterocycles. The minimum atomic E-state index is -3.49. The largest absolute Gasteiger partial charge is 0.409 e. The lowest BCUT2D eigenvalue weighted by Crippen LogP contribution is -2.51. The van der Waals surface area contributed by atoms with Crippen LogP contribution in [0.15, 0.2) is 58.4 Å². The van der Waals surface area contributed by atoms with Gasteiger partial charge in [-0.2, -0.15) is 4.20 Å². The highest BCUT2D eigenvalue weighted by Crippen LogP contribution is 2.50. The van der Waals surface area contributed by atoms with E-state index in [1.807, 2.05) is 30.9 Å². The molecule has 0 saturated heterocycles. The average Bonchev–Trinajstić information content (AvgIpc) is 3.24. The van der Waals surface area contributed by atoms with E-state index in [0.29, 0.717) is 30.7 Å². The third-order valence-corrected chi connectivity index (χ3v) is 10.5. The highest BCUT2D eigenvalue weighted by Gasteiger charge is 2.52. The number of nitrogens with zero attached hydrogens (tertiary/aromatic N) is 2. The van der Waals surface area contributed by atoms with Gasteiger partial charge in [-0.15, -0.1) is 0 Å². The van der Waals surface area contributed by atoms with E-state index in [0.717, 1.165) is 31.1 Å². The number of carbonyl (C=O) groups excluding carboxylic acids is 2. The number of rotatable bonds is 8. The van der Waals surface area contributed by atoms with Crippen molar-refractivity contribution in [3.8, 4) is 0 Å². The number of hydrogen-bond acceptors (Lipinski definition) is 6. The Morgan fingerprint density at radius 3 is 2.15 bits per heavy atom. The third-order valence-electron chi connectivity index (χ3n) is 8.96. The lowest BCUT2D eigenvalue weighted by molar-refractivity contribution is -0.134. The zero-order valence-electron chi connectivity index (χ0n) is 29.2. The van der Waals surface area contributed by atoms with Crippen LogP contribution in [0.3, 0.4) is 0 Å². The Hall–Kier alpha value is -2.64. The molecule has 1 saturated carbocycles. The summed E-state index contributed by atoms with van der Waals surface area (Å²) in [4.78, 5) is 34.3. The molecule has 1 spiro atoms. The zero-order valence-corrected chi connectivity index (χ0v) is 30.9. The highest BCUT2D eigenvalue weighted by atomic mass is 32.2. The highest BCUT2D eigenvalue weighted by molar-refractivity contribution is 7.90. The van der Waals surface area contributed by atoms with Gasteiger partial charge in [-0.05, 0) is 85.1 Å². The number of halogens is 1. The maximum Gasteiger partial charge on any atom is 0.342 e. The minimum Gasteiger partial charge on any atom is -0.409 e. The van der Waals surface area contributed by atoms with Gasteiger partial charge >= 0.3 is 5.97 Å². The first-order chi connectivity index (χ1) is 21.3. The van der Waals surface area contributed by atoms with E-state index < -0.39 is 29.9 Å². The number of hydrogen-bond donors (Lipinski definition) is 0. The first kappa shape index (κ1) is 37.8. The van der Waals surface area contributed by atoms with Crippen molar-refractivity contribution in [2.24, 2.45) is 21.7 Å². The van der Waals surface area contributed by atoms with E-state index in [2.05, 4.69) is 41.5 Å². The van der Waals surface area contributed by atoms with Gasteiger partial charge in [-0.3, -0.25) is 9.79 Å². The van der Waals surface area contributed by atoms with Crippen molar-refractivity contribution in [3.63, 3.8) is 0 Å². The van der Waals surface area contributed by atoms with E-state index in [4.69, 9.17) is 9.52 Å². The fourth-order valence-corrected chi connectivity index (χ4v) is 7.43. The predicted molar refractivity (Wildman–Crippen MR) is 186 cm³/mol. The SMILES string of the molecule is CC.CP(F)OC(=O)c1ccc(C(CCC(C)(C)C)N2C(=O)C(c3cccc(S(C)(=O)=O)c3)=NC23CCC(C(C)(C)C)CC3)cc1. The molecule has 4 rings (SSSR count). The van der Waals surface area contributed by atoms with Crippen molar-refractivity contribution < 1.29 is 26.7 Å². The molecule has 2 atom stereocenters. The molecule has 1 heterocycles. The molecule has 1 aliphatic carbocycles. The monoisotopic (exact) mass is 674 g/mol. The third kappa shape index (κ3) is 9.03. The Kier molecular flexibility index (Phi) is 12.0. The Morgan fingerprint density at radius 1 is 1.07 bits per heavy atom. The predicted octanol–water partition coefficient (Wildman–Crippen LogP) is 9.32. The summed E-state index contributed by atoms with van der Waals surface area (Å²) in [5, 5.41) is 0. The average molecular weight is 675 g/mol. The van der Waals surface area contributed by atoms with Gasteiger partial charge in [0.1, 0.15) is 11.4 Å². The van der Waals surface area contributed by atoms with Gasteiger partial charge in [0.25, 0.3) is 14.4 Å². The molecule has 1 aliphatic heterocycles.